The normalized spacial score (nSPS) is 30.6. The van der Waals surface area contributed by atoms with Crippen LogP contribution in [-0.4, -0.2) is 87.4 Å². The topological polar surface area (TPSA) is 97.2 Å². The van der Waals surface area contributed by atoms with Gasteiger partial charge < -0.3 is 28.3 Å². The van der Waals surface area contributed by atoms with E-state index in [-0.39, 0.29) is 30.3 Å². The van der Waals surface area contributed by atoms with E-state index < -0.39 is 17.6 Å². The van der Waals surface area contributed by atoms with Crippen molar-refractivity contribution >= 4 is 28.6 Å². The van der Waals surface area contributed by atoms with Crippen LogP contribution in [0.2, 0.25) is 5.15 Å². The first-order valence-corrected chi connectivity index (χ1v) is 12.9. The van der Waals surface area contributed by atoms with Crippen molar-refractivity contribution in [3.63, 3.8) is 0 Å². The Bertz CT molecular complexity index is 1100. The maximum atomic E-state index is 12.3. The molecule has 0 amide bonds. The molecule has 2 aromatic rings. The Morgan fingerprint density at radius 1 is 1.25 bits per heavy atom. The molecule has 198 valence electrons. The number of rotatable bonds is 6. The summed E-state index contributed by atoms with van der Waals surface area (Å²) in [6, 6.07) is 1.97. The molecule has 3 fully saturated rings. The second kappa shape index (κ2) is 9.81. The van der Waals surface area contributed by atoms with E-state index in [1.165, 1.54) is 6.33 Å². The van der Waals surface area contributed by atoms with Gasteiger partial charge in [-0.2, -0.15) is 0 Å². The number of nitrogens with zero attached hydrogens (tertiary/aromatic N) is 4. The minimum atomic E-state index is -0.730. The molecule has 0 unspecified atom stereocenters. The van der Waals surface area contributed by atoms with E-state index in [1.807, 2.05) is 51.4 Å². The lowest BCUT2D eigenvalue weighted by Gasteiger charge is -2.37. The summed E-state index contributed by atoms with van der Waals surface area (Å²) in [5.74, 6) is -0.925. The third-order valence-corrected chi connectivity index (χ3v) is 7.03. The molecule has 0 aromatic carbocycles. The van der Waals surface area contributed by atoms with Gasteiger partial charge in [0.15, 0.2) is 12.0 Å². The second-order valence-corrected chi connectivity index (χ2v) is 11.5. The van der Waals surface area contributed by atoms with Crippen molar-refractivity contribution < 1.29 is 28.5 Å². The van der Waals surface area contributed by atoms with Crippen LogP contribution in [0.3, 0.4) is 0 Å². The van der Waals surface area contributed by atoms with E-state index in [1.54, 1.807) is 0 Å². The fraction of sp³-hybridized carbons (Fsp3) is 0.720. The lowest BCUT2D eigenvalue weighted by atomic mass is 10.1. The summed E-state index contributed by atoms with van der Waals surface area (Å²) >= 11 is 6.28. The van der Waals surface area contributed by atoms with Gasteiger partial charge in [0.25, 0.3) is 0 Å². The van der Waals surface area contributed by atoms with Crippen LogP contribution in [0.25, 0.3) is 11.0 Å². The predicted molar refractivity (Wildman–Crippen MR) is 132 cm³/mol. The number of hydrogen-bond donors (Lipinski definition) is 0. The molecule has 3 saturated heterocycles. The molecule has 0 radical (unpaired) electrons. The number of morpholine rings is 1. The number of carbonyl (C=O) groups is 1. The van der Waals surface area contributed by atoms with Crippen LogP contribution >= 0.6 is 11.6 Å². The third kappa shape index (κ3) is 5.39. The molecular formula is C25H35ClN4O6. The highest BCUT2D eigenvalue weighted by atomic mass is 35.5. The highest BCUT2D eigenvalue weighted by Crippen LogP contribution is 2.44. The van der Waals surface area contributed by atoms with E-state index in [0.29, 0.717) is 43.4 Å². The van der Waals surface area contributed by atoms with Crippen LogP contribution in [0.4, 0.5) is 0 Å². The zero-order chi connectivity index (χ0) is 25.7. The van der Waals surface area contributed by atoms with Crippen molar-refractivity contribution in [2.75, 3.05) is 26.3 Å². The van der Waals surface area contributed by atoms with E-state index in [9.17, 15) is 4.79 Å². The summed E-state index contributed by atoms with van der Waals surface area (Å²) in [7, 11) is 0. The lowest BCUT2D eigenvalue weighted by molar-refractivity contribution is -0.199. The van der Waals surface area contributed by atoms with E-state index >= 15 is 0 Å². The fourth-order valence-corrected chi connectivity index (χ4v) is 5.47. The molecule has 0 spiro atoms. The molecule has 5 atom stereocenters. The van der Waals surface area contributed by atoms with Crippen molar-refractivity contribution in [2.24, 2.45) is 0 Å². The molecule has 0 bridgehead atoms. The van der Waals surface area contributed by atoms with E-state index in [0.717, 1.165) is 11.9 Å². The van der Waals surface area contributed by atoms with Crippen molar-refractivity contribution in [3.05, 3.63) is 23.7 Å². The Morgan fingerprint density at radius 3 is 2.81 bits per heavy atom. The molecular weight excluding hydrogens is 488 g/mol. The Morgan fingerprint density at radius 2 is 2.03 bits per heavy atom. The van der Waals surface area contributed by atoms with Gasteiger partial charge in [0.1, 0.15) is 41.0 Å². The lowest BCUT2D eigenvalue weighted by Crippen LogP contribution is -2.50. The largest absolute Gasteiger partial charge is 0.460 e. The first-order chi connectivity index (χ1) is 17.0. The summed E-state index contributed by atoms with van der Waals surface area (Å²) in [6.07, 6.45) is 3.12. The zero-order valence-corrected chi connectivity index (χ0v) is 22.2. The average molecular weight is 523 g/mol. The molecule has 0 saturated carbocycles. The van der Waals surface area contributed by atoms with Gasteiger partial charge in [0.05, 0.1) is 18.6 Å². The quantitative estimate of drug-likeness (QED) is 0.418. The molecule has 11 heteroatoms. The molecule has 3 aliphatic rings. The maximum Gasteiger partial charge on any atom is 0.306 e. The minimum Gasteiger partial charge on any atom is -0.460 e. The smallest absolute Gasteiger partial charge is 0.306 e. The van der Waals surface area contributed by atoms with Crippen LogP contribution < -0.4 is 0 Å². The van der Waals surface area contributed by atoms with Gasteiger partial charge in [-0.15, -0.1) is 0 Å². The standard InChI is InChI=1S/C25H35ClN4O6/c1-24(2,3)34-18(31)7-6-15-13-32-11-10-29(15)12-17-19-20(36-25(4,5)35-19)23(33-17)30-9-8-16-21(26)27-14-28-22(16)30/h8-9,14-15,17,19-20,23H,6-7,10-13H2,1-5H3/t15-,17+,19+,20+,23+/m0/s1. The van der Waals surface area contributed by atoms with Gasteiger partial charge in [-0.3, -0.25) is 9.69 Å². The second-order valence-electron chi connectivity index (χ2n) is 11.1. The van der Waals surface area contributed by atoms with Crippen molar-refractivity contribution in [1.82, 2.24) is 19.4 Å². The maximum absolute atomic E-state index is 12.3. The molecule has 0 N–H and O–H groups in total. The number of carbonyl (C=O) groups excluding carboxylic acids is 1. The molecule has 2 aromatic heterocycles. The molecule has 3 aliphatic heterocycles. The first-order valence-electron chi connectivity index (χ1n) is 12.5. The highest BCUT2D eigenvalue weighted by Gasteiger charge is 2.56. The Kier molecular flexibility index (Phi) is 7.03. The number of hydrogen-bond acceptors (Lipinski definition) is 9. The van der Waals surface area contributed by atoms with E-state index in [4.69, 9.17) is 35.3 Å². The van der Waals surface area contributed by atoms with Crippen LogP contribution in [0, 0.1) is 0 Å². The summed E-state index contributed by atoms with van der Waals surface area (Å²) in [5, 5.41) is 1.16. The number of aromatic nitrogens is 3. The van der Waals surface area contributed by atoms with Gasteiger partial charge >= 0.3 is 5.97 Å². The molecule has 5 heterocycles. The SMILES string of the molecule is CC(C)(C)OC(=O)CC[C@H]1COCCN1C[C@H]1O[C@@H](n2ccc3c(Cl)ncnc32)[C@@H]2OC(C)(C)O[C@@H]21. The van der Waals surface area contributed by atoms with Gasteiger partial charge in [-0.25, -0.2) is 9.97 Å². The summed E-state index contributed by atoms with van der Waals surface area (Å²) < 4.78 is 32.4. The van der Waals surface area contributed by atoms with Crippen molar-refractivity contribution in [1.29, 1.82) is 0 Å². The third-order valence-electron chi connectivity index (χ3n) is 6.73. The Hall–Kier alpha value is -1.82. The van der Waals surface area contributed by atoms with Crippen LogP contribution in [0.1, 0.15) is 53.7 Å². The first kappa shape index (κ1) is 25.8. The molecule has 0 aliphatic carbocycles. The molecule has 10 nitrogen and oxygen atoms in total. The Labute approximate surface area is 216 Å². The monoisotopic (exact) mass is 522 g/mol. The van der Waals surface area contributed by atoms with Crippen LogP contribution in [0.5, 0.6) is 0 Å². The van der Waals surface area contributed by atoms with Crippen LogP contribution in [-0.2, 0) is 28.5 Å². The summed E-state index contributed by atoms with van der Waals surface area (Å²) in [4.78, 5) is 23.2. The summed E-state index contributed by atoms with van der Waals surface area (Å²) in [6.45, 7) is 12.1. The van der Waals surface area contributed by atoms with E-state index in [2.05, 4.69) is 14.9 Å². The van der Waals surface area contributed by atoms with Gasteiger partial charge in [0, 0.05) is 31.7 Å². The van der Waals surface area contributed by atoms with Crippen LogP contribution in [0.15, 0.2) is 18.6 Å². The highest BCUT2D eigenvalue weighted by molar-refractivity contribution is 6.33. The minimum absolute atomic E-state index is 0.0849. The van der Waals surface area contributed by atoms with Gasteiger partial charge in [-0.1, -0.05) is 11.6 Å². The van der Waals surface area contributed by atoms with Gasteiger partial charge in [-0.05, 0) is 47.1 Å². The molecule has 36 heavy (non-hydrogen) atoms. The Balaban J connectivity index is 1.32. The van der Waals surface area contributed by atoms with Crippen molar-refractivity contribution in [2.45, 2.75) is 89.4 Å². The number of halogens is 1. The molecule has 5 rings (SSSR count). The van der Waals surface area contributed by atoms with Crippen molar-refractivity contribution in [3.8, 4) is 0 Å². The number of fused-ring (bicyclic) bond motifs is 2. The summed E-state index contributed by atoms with van der Waals surface area (Å²) in [5.41, 5.74) is 0.195. The fourth-order valence-electron chi connectivity index (χ4n) is 5.28. The number of ether oxygens (including phenoxy) is 5. The zero-order valence-electron chi connectivity index (χ0n) is 21.5. The van der Waals surface area contributed by atoms with Gasteiger partial charge in [0.2, 0.25) is 0 Å². The number of esters is 1. The average Bonchev–Trinajstić information content (AvgIpc) is 3.44. The predicted octanol–water partition coefficient (Wildman–Crippen LogP) is 3.32.